The minimum atomic E-state index is -0.0246. The maximum atomic E-state index is 10.7. The third kappa shape index (κ3) is 5.53. The van der Waals surface area contributed by atoms with Gasteiger partial charge in [0, 0.05) is 19.5 Å². The molecule has 0 fully saturated rings. The molecule has 0 aliphatic rings. The Morgan fingerprint density at radius 1 is 1.50 bits per heavy atom. The fourth-order valence-electron chi connectivity index (χ4n) is 0.522. The van der Waals surface area contributed by atoms with Crippen molar-refractivity contribution in [2.45, 2.75) is 6.42 Å². The molecule has 0 heterocycles. The van der Waals surface area contributed by atoms with Crippen molar-refractivity contribution < 1.29 is 9.90 Å². The van der Waals surface area contributed by atoms with Crippen LogP contribution in [0.4, 0.5) is 0 Å². The SMILES string of the molecule is CNCCC(=O)NCCO. The van der Waals surface area contributed by atoms with Gasteiger partial charge in [0.2, 0.25) is 5.91 Å². The van der Waals surface area contributed by atoms with Crippen molar-refractivity contribution in [3.63, 3.8) is 0 Å². The molecule has 4 heteroatoms. The van der Waals surface area contributed by atoms with E-state index in [0.717, 1.165) is 0 Å². The molecule has 0 saturated carbocycles. The molecule has 0 aromatic carbocycles. The van der Waals surface area contributed by atoms with E-state index in [1.54, 1.807) is 7.05 Å². The minimum Gasteiger partial charge on any atom is -0.395 e. The predicted molar refractivity (Wildman–Crippen MR) is 38.6 cm³/mol. The van der Waals surface area contributed by atoms with Crippen LogP contribution in [0.15, 0.2) is 0 Å². The normalized spacial score (nSPS) is 9.40. The molecule has 0 aliphatic heterocycles. The van der Waals surface area contributed by atoms with Crippen molar-refractivity contribution in [3.05, 3.63) is 0 Å². The average molecular weight is 146 g/mol. The summed E-state index contributed by atoms with van der Waals surface area (Å²) in [5, 5.41) is 13.7. The number of aliphatic hydroxyl groups is 1. The predicted octanol–water partition coefficient (Wildman–Crippen LogP) is -1.30. The van der Waals surface area contributed by atoms with Crippen molar-refractivity contribution in [1.29, 1.82) is 0 Å². The Hall–Kier alpha value is -0.610. The van der Waals surface area contributed by atoms with Crippen LogP contribution in [0.5, 0.6) is 0 Å². The van der Waals surface area contributed by atoms with E-state index in [4.69, 9.17) is 5.11 Å². The maximum Gasteiger partial charge on any atom is 0.221 e. The highest BCUT2D eigenvalue weighted by Crippen LogP contribution is 1.74. The molecule has 0 spiro atoms. The van der Waals surface area contributed by atoms with E-state index in [-0.39, 0.29) is 12.5 Å². The summed E-state index contributed by atoms with van der Waals surface area (Å²) in [6, 6.07) is 0. The maximum absolute atomic E-state index is 10.7. The molecule has 0 radical (unpaired) electrons. The van der Waals surface area contributed by atoms with Gasteiger partial charge in [-0.3, -0.25) is 4.79 Å². The van der Waals surface area contributed by atoms with Crippen LogP contribution in [-0.4, -0.2) is 37.8 Å². The van der Waals surface area contributed by atoms with Gasteiger partial charge in [-0.05, 0) is 7.05 Å². The van der Waals surface area contributed by atoms with E-state index in [1.165, 1.54) is 0 Å². The second-order valence-electron chi connectivity index (χ2n) is 1.93. The van der Waals surface area contributed by atoms with Gasteiger partial charge in [-0.2, -0.15) is 0 Å². The smallest absolute Gasteiger partial charge is 0.221 e. The van der Waals surface area contributed by atoms with Crippen LogP contribution in [0, 0.1) is 0 Å². The van der Waals surface area contributed by atoms with Gasteiger partial charge >= 0.3 is 0 Å². The van der Waals surface area contributed by atoms with Crippen LogP contribution in [0.2, 0.25) is 0 Å². The van der Waals surface area contributed by atoms with Crippen molar-refractivity contribution >= 4 is 5.91 Å². The molecule has 4 nitrogen and oxygen atoms in total. The summed E-state index contributed by atoms with van der Waals surface area (Å²) in [4.78, 5) is 10.7. The van der Waals surface area contributed by atoms with E-state index in [1.807, 2.05) is 0 Å². The van der Waals surface area contributed by atoms with Crippen LogP contribution in [0.25, 0.3) is 0 Å². The monoisotopic (exact) mass is 146 g/mol. The lowest BCUT2D eigenvalue weighted by Crippen LogP contribution is -2.28. The van der Waals surface area contributed by atoms with E-state index >= 15 is 0 Å². The summed E-state index contributed by atoms with van der Waals surface area (Å²) in [6.45, 7) is 1.03. The highest BCUT2D eigenvalue weighted by atomic mass is 16.3. The van der Waals surface area contributed by atoms with E-state index < -0.39 is 0 Å². The number of hydrogen-bond donors (Lipinski definition) is 3. The third-order valence-corrected chi connectivity index (χ3v) is 1.04. The molecule has 0 aromatic rings. The number of rotatable bonds is 5. The van der Waals surface area contributed by atoms with Gasteiger partial charge in [-0.15, -0.1) is 0 Å². The standard InChI is InChI=1S/C6H14N2O2/c1-7-3-2-6(10)8-4-5-9/h7,9H,2-5H2,1H3,(H,8,10). The molecule has 0 bridgehead atoms. The Morgan fingerprint density at radius 2 is 2.20 bits per heavy atom. The van der Waals surface area contributed by atoms with Crippen molar-refractivity contribution in [1.82, 2.24) is 10.6 Å². The van der Waals surface area contributed by atoms with Crippen molar-refractivity contribution in [2.75, 3.05) is 26.7 Å². The molecular weight excluding hydrogens is 132 g/mol. The Balaban J connectivity index is 3.09. The first-order valence-corrected chi connectivity index (χ1v) is 3.33. The third-order valence-electron chi connectivity index (χ3n) is 1.04. The summed E-state index contributed by atoms with van der Waals surface area (Å²) < 4.78 is 0. The Labute approximate surface area is 60.6 Å². The first-order valence-electron chi connectivity index (χ1n) is 3.33. The van der Waals surface area contributed by atoms with E-state index in [2.05, 4.69) is 10.6 Å². The lowest BCUT2D eigenvalue weighted by atomic mass is 10.4. The number of carbonyl (C=O) groups excluding carboxylic acids is 1. The molecule has 0 saturated heterocycles. The lowest BCUT2D eigenvalue weighted by Gasteiger charge is -2.00. The van der Waals surface area contributed by atoms with E-state index in [0.29, 0.717) is 19.5 Å². The Kier molecular flexibility index (Phi) is 6.11. The molecule has 1 amide bonds. The van der Waals surface area contributed by atoms with Gasteiger partial charge in [0.05, 0.1) is 6.61 Å². The highest BCUT2D eigenvalue weighted by Gasteiger charge is 1.96. The van der Waals surface area contributed by atoms with Gasteiger partial charge in [0.15, 0.2) is 0 Å². The Morgan fingerprint density at radius 3 is 2.70 bits per heavy atom. The topological polar surface area (TPSA) is 61.4 Å². The molecule has 0 unspecified atom stereocenters. The molecular formula is C6H14N2O2. The fraction of sp³-hybridized carbons (Fsp3) is 0.833. The fourth-order valence-corrected chi connectivity index (χ4v) is 0.522. The molecule has 0 rings (SSSR count). The largest absolute Gasteiger partial charge is 0.395 e. The number of hydrogen-bond acceptors (Lipinski definition) is 3. The molecule has 3 N–H and O–H groups in total. The minimum absolute atomic E-state index is 0.00525. The zero-order chi connectivity index (χ0) is 7.82. The number of amides is 1. The molecule has 0 aromatic heterocycles. The molecule has 60 valence electrons. The van der Waals surface area contributed by atoms with Gasteiger partial charge < -0.3 is 15.7 Å². The summed E-state index contributed by atoms with van der Waals surface area (Å²) in [5.41, 5.74) is 0. The average Bonchev–Trinajstić information content (AvgIpc) is 1.97. The van der Waals surface area contributed by atoms with Gasteiger partial charge in [-0.1, -0.05) is 0 Å². The second-order valence-corrected chi connectivity index (χ2v) is 1.93. The van der Waals surface area contributed by atoms with Gasteiger partial charge in [0.1, 0.15) is 0 Å². The van der Waals surface area contributed by atoms with Gasteiger partial charge in [-0.25, -0.2) is 0 Å². The summed E-state index contributed by atoms with van der Waals surface area (Å²) in [6.07, 6.45) is 0.469. The zero-order valence-electron chi connectivity index (χ0n) is 6.18. The summed E-state index contributed by atoms with van der Waals surface area (Å²) in [7, 11) is 1.79. The Bertz CT molecular complexity index is 85.7. The van der Waals surface area contributed by atoms with Crippen LogP contribution in [0.3, 0.4) is 0 Å². The lowest BCUT2D eigenvalue weighted by molar-refractivity contribution is -0.121. The zero-order valence-corrected chi connectivity index (χ0v) is 6.18. The summed E-state index contributed by atoms with van der Waals surface area (Å²) in [5.74, 6) is -0.0246. The second kappa shape index (κ2) is 6.51. The first kappa shape index (κ1) is 9.39. The van der Waals surface area contributed by atoms with Crippen molar-refractivity contribution in [3.8, 4) is 0 Å². The number of carbonyl (C=O) groups is 1. The highest BCUT2D eigenvalue weighted by molar-refractivity contribution is 5.75. The van der Waals surface area contributed by atoms with Crippen LogP contribution in [0.1, 0.15) is 6.42 Å². The molecule has 10 heavy (non-hydrogen) atoms. The van der Waals surface area contributed by atoms with Crippen molar-refractivity contribution in [2.24, 2.45) is 0 Å². The number of aliphatic hydroxyl groups excluding tert-OH is 1. The molecule has 0 atom stereocenters. The quantitative estimate of drug-likeness (QED) is 0.452. The van der Waals surface area contributed by atoms with Crippen LogP contribution >= 0.6 is 0 Å². The first-order chi connectivity index (χ1) is 4.81. The van der Waals surface area contributed by atoms with Gasteiger partial charge in [0.25, 0.3) is 0 Å². The van der Waals surface area contributed by atoms with E-state index in [9.17, 15) is 4.79 Å². The summed E-state index contributed by atoms with van der Waals surface area (Å²) >= 11 is 0. The van der Waals surface area contributed by atoms with Crippen LogP contribution in [-0.2, 0) is 4.79 Å². The number of nitrogens with one attached hydrogen (secondary N) is 2. The molecule has 0 aliphatic carbocycles. The van der Waals surface area contributed by atoms with Crippen LogP contribution < -0.4 is 10.6 Å².